The van der Waals surface area contributed by atoms with Gasteiger partial charge in [0.25, 0.3) is 0 Å². The molecule has 0 aliphatic carbocycles. The van der Waals surface area contributed by atoms with E-state index >= 15 is 0 Å². The molecule has 0 aliphatic heterocycles. The molecule has 0 unspecified atom stereocenters. The summed E-state index contributed by atoms with van der Waals surface area (Å²) in [7, 11) is 0. The zero-order valence-corrected chi connectivity index (χ0v) is 13.8. The third-order valence-electron chi connectivity index (χ3n) is 1.67. The first kappa shape index (κ1) is 13.5. The Labute approximate surface area is 134 Å². The van der Waals surface area contributed by atoms with Crippen LogP contribution in [0.5, 0.6) is 11.8 Å². The van der Waals surface area contributed by atoms with E-state index in [-0.39, 0.29) is 16.6 Å². The Balaban J connectivity index is 2.38. The van der Waals surface area contributed by atoms with Crippen LogP contribution >= 0.6 is 68.4 Å². The molecule has 0 fully saturated rings. The van der Waals surface area contributed by atoms with Crippen LogP contribution in [-0.2, 0) is 0 Å². The van der Waals surface area contributed by atoms with Crippen LogP contribution in [-0.4, -0.2) is 15.0 Å². The zero-order chi connectivity index (χ0) is 12.4. The number of nitrogens with zero attached hydrogens (tertiary/aromatic N) is 3. The predicted octanol–water partition coefficient (Wildman–Crippen LogP) is 4.18. The third-order valence-corrected chi connectivity index (χ3v) is 3.71. The highest BCUT2D eigenvalue weighted by Gasteiger charge is 2.10. The van der Waals surface area contributed by atoms with Gasteiger partial charge in [0.1, 0.15) is 0 Å². The minimum Gasteiger partial charge on any atom is -0.422 e. The topological polar surface area (TPSA) is 47.9 Å². The van der Waals surface area contributed by atoms with Gasteiger partial charge < -0.3 is 4.74 Å². The molecule has 0 N–H and O–H groups in total. The zero-order valence-electron chi connectivity index (χ0n) is 7.99. The molecule has 1 aromatic heterocycles. The van der Waals surface area contributed by atoms with E-state index in [1.54, 1.807) is 0 Å². The molecule has 0 amide bonds. The van der Waals surface area contributed by atoms with Crippen molar-refractivity contribution in [1.29, 1.82) is 0 Å². The van der Waals surface area contributed by atoms with Crippen molar-refractivity contribution in [3.63, 3.8) is 0 Å². The standard InChI is InChI=1S/C9H3Cl2I2N3O/c10-7-14-8(11)16-9(15-7)17-6-4(12)2-1-3-5(6)13/h1-3H. The molecule has 0 radical (unpaired) electrons. The number of aromatic nitrogens is 3. The Hall–Kier alpha value is 0.0700. The summed E-state index contributed by atoms with van der Waals surface area (Å²) in [5, 5.41) is 0.00175. The molecule has 0 saturated heterocycles. The van der Waals surface area contributed by atoms with E-state index in [9.17, 15) is 0 Å². The van der Waals surface area contributed by atoms with E-state index in [2.05, 4.69) is 60.1 Å². The summed E-state index contributed by atoms with van der Waals surface area (Å²) in [5.74, 6) is 0.673. The van der Waals surface area contributed by atoms with Gasteiger partial charge in [0.2, 0.25) is 10.6 Å². The minimum atomic E-state index is 0.000877. The predicted molar refractivity (Wildman–Crippen MR) is 81.8 cm³/mol. The molecule has 88 valence electrons. The molecule has 17 heavy (non-hydrogen) atoms. The molecule has 0 saturated carbocycles. The lowest BCUT2D eigenvalue weighted by Crippen LogP contribution is -1.97. The van der Waals surface area contributed by atoms with Crippen LogP contribution in [0.15, 0.2) is 18.2 Å². The number of rotatable bonds is 2. The van der Waals surface area contributed by atoms with E-state index in [0.29, 0.717) is 5.75 Å². The van der Waals surface area contributed by atoms with Crippen molar-refractivity contribution in [3.05, 3.63) is 35.9 Å². The molecule has 4 nitrogen and oxygen atoms in total. The van der Waals surface area contributed by atoms with E-state index < -0.39 is 0 Å². The molecule has 2 aromatic rings. The van der Waals surface area contributed by atoms with Gasteiger partial charge in [0.15, 0.2) is 5.75 Å². The van der Waals surface area contributed by atoms with Crippen LogP contribution < -0.4 is 4.74 Å². The fourth-order valence-corrected chi connectivity index (χ4v) is 3.11. The Kier molecular flexibility index (Phi) is 4.61. The van der Waals surface area contributed by atoms with Gasteiger partial charge >= 0.3 is 6.01 Å². The summed E-state index contributed by atoms with van der Waals surface area (Å²) in [6.45, 7) is 0. The quantitative estimate of drug-likeness (QED) is 0.589. The number of hydrogen-bond acceptors (Lipinski definition) is 4. The SMILES string of the molecule is Clc1nc(Cl)nc(Oc2c(I)cccc2I)n1. The fraction of sp³-hybridized carbons (Fsp3) is 0. The normalized spacial score (nSPS) is 10.4. The average Bonchev–Trinajstić information content (AvgIpc) is 2.22. The van der Waals surface area contributed by atoms with Crippen LogP contribution in [0.4, 0.5) is 0 Å². The van der Waals surface area contributed by atoms with Gasteiger partial charge in [-0.05, 0) is 80.5 Å². The molecular formula is C9H3Cl2I2N3O. The van der Waals surface area contributed by atoms with E-state index in [1.807, 2.05) is 18.2 Å². The monoisotopic (exact) mass is 493 g/mol. The lowest BCUT2D eigenvalue weighted by molar-refractivity contribution is 0.433. The Morgan fingerprint density at radius 1 is 0.941 bits per heavy atom. The van der Waals surface area contributed by atoms with Gasteiger partial charge in [0, 0.05) is 0 Å². The molecule has 8 heteroatoms. The molecule has 0 aliphatic rings. The van der Waals surface area contributed by atoms with Crippen molar-refractivity contribution in [2.45, 2.75) is 0 Å². The summed E-state index contributed by atoms with van der Waals surface area (Å²) in [5.41, 5.74) is 0. The Bertz CT molecular complexity index is 527. The van der Waals surface area contributed by atoms with Gasteiger partial charge in [-0.25, -0.2) is 0 Å². The van der Waals surface area contributed by atoms with Gasteiger partial charge in [-0.3, -0.25) is 0 Å². The van der Waals surface area contributed by atoms with Crippen molar-refractivity contribution in [2.24, 2.45) is 0 Å². The van der Waals surface area contributed by atoms with Crippen molar-refractivity contribution in [3.8, 4) is 11.8 Å². The molecule has 0 atom stereocenters. The number of benzene rings is 1. The van der Waals surface area contributed by atoms with Crippen molar-refractivity contribution >= 4 is 68.4 Å². The summed E-state index contributed by atoms with van der Waals surface area (Å²) in [6, 6.07) is 5.85. The first-order valence-electron chi connectivity index (χ1n) is 4.25. The highest BCUT2D eigenvalue weighted by atomic mass is 127. The number of ether oxygens (including phenoxy) is 1. The summed E-state index contributed by atoms with van der Waals surface area (Å²) < 4.78 is 7.45. The van der Waals surface area contributed by atoms with Crippen LogP contribution in [0, 0.1) is 7.14 Å². The fourth-order valence-electron chi connectivity index (χ4n) is 1.03. The van der Waals surface area contributed by atoms with Gasteiger partial charge in [-0.2, -0.15) is 15.0 Å². The minimum absolute atomic E-state index is 0.000877. The van der Waals surface area contributed by atoms with Crippen LogP contribution in [0.3, 0.4) is 0 Å². The van der Waals surface area contributed by atoms with Crippen LogP contribution in [0.2, 0.25) is 10.6 Å². The van der Waals surface area contributed by atoms with Crippen LogP contribution in [0.25, 0.3) is 0 Å². The van der Waals surface area contributed by atoms with Gasteiger partial charge in [-0.15, -0.1) is 0 Å². The van der Waals surface area contributed by atoms with E-state index in [4.69, 9.17) is 27.9 Å². The second kappa shape index (κ2) is 5.81. The van der Waals surface area contributed by atoms with Gasteiger partial charge in [0.05, 0.1) is 7.14 Å². The van der Waals surface area contributed by atoms with E-state index in [1.165, 1.54) is 0 Å². The maximum Gasteiger partial charge on any atom is 0.327 e. The lowest BCUT2D eigenvalue weighted by Gasteiger charge is -2.07. The van der Waals surface area contributed by atoms with Crippen LogP contribution in [0.1, 0.15) is 0 Å². The summed E-state index contributed by atoms with van der Waals surface area (Å²) >= 11 is 15.7. The molecule has 0 bridgehead atoms. The number of para-hydroxylation sites is 1. The van der Waals surface area contributed by atoms with E-state index in [0.717, 1.165) is 7.14 Å². The maximum atomic E-state index is 5.67. The van der Waals surface area contributed by atoms with Crippen molar-refractivity contribution in [2.75, 3.05) is 0 Å². The van der Waals surface area contributed by atoms with Crippen molar-refractivity contribution in [1.82, 2.24) is 15.0 Å². The first-order valence-corrected chi connectivity index (χ1v) is 7.16. The molecular weight excluding hydrogens is 491 g/mol. The number of hydrogen-bond donors (Lipinski definition) is 0. The lowest BCUT2D eigenvalue weighted by atomic mass is 10.3. The third kappa shape index (κ3) is 3.52. The maximum absolute atomic E-state index is 5.67. The second-order valence-electron chi connectivity index (χ2n) is 2.81. The molecule has 2 rings (SSSR count). The highest BCUT2D eigenvalue weighted by Crippen LogP contribution is 2.30. The Morgan fingerprint density at radius 2 is 1.47 bits per heavy atom. The average molecular weight is 494 g/mol. The van der Waals surface area contributed by atoms with Gasteiger partial charge in [-0.1, -0.05) is 6.07 Å². The molecule has 1 heterocycles. The second-order valence-corrected chi connectivity index (χ2v) is 5.81. The summed E-state index contributed by atoms with van der Waals surface area (Å²) in [4.78, 5) is 11.3. The smallest absolute Gasteiger partial charge is 0.327 e. The number of halogens is 4. The van der Waals surface area contributed by atoms with Crippen molar-refractivity contribution < 1.29 is 4.74 Å². The summed E-state index contributed by atoms with van der Waals surface area (Å²) in [6.07, 6.45) is 0. The Morgan fingerprint density at radius 3 is 2.00 bits per heavy atom. The molecule has 0 spiro atoms. The molecule has 1 aromatic carbocycles. The first-order chi connectivity index (χ1) is 8.06. The largest absolute Gasteiger partial charge is 0.422 e. The highest BCUT2D eigenvalue weighted by molar-refractivity contribution is 14.1.